The number of nitrogens with zero attached hydrogens (tertiary/aromatic N) is 1. The van der Waals surface area contributed by atoms with Crippen molar-refractivity contribution in [2.75, 3.05) is 18.4 Å². The molecule has 1 aliphatic carbocycles. The fraction of sp³-hybridized carbons (Fsp3) is 0.160. The highest BCUT2D eigenvalue weighted by molar-refractivity contribution is 7.89. The Morgan fingerprint density at radius 3 is 2.15 bits per heavy atom. The van der Waals surface area contributed by atoms with Gasteiger partial charge in [0.25, 0.3) is 5.91 Å². The van der Waals surface area contributed by atoms with Crippen molar-refractivity contribution in [3.05, 3.63) is 94.5 Å². The zero-order valence-corrected chi connectivity index (χ0v) is 18.4. The SMILES string of the molecule is O=C(Nc1cccc2c1C(=O)c1ccccc1C2=O)c1cccc(S(=O)(=O)N2CCCC2)c1. The summed E-state index contributed by atoms with van der Waals surface area (Å²) < 4.78 is 27.2. The van der Waals surface area contributed by atoms with Crippen molar-refractivity contribution < 1.29 is 22.8 Å². The molecule has 1 heterocycles. The molecule has 5 rings (SSSR count). The minimum Gasteiger partial charge on any atom is -0.321 e. The van der Waals surface area contributed by atoms with Crippen molar-refractivity contribution in [2.45, 2.75) is 17.7 Å². The van der Waals surface area contributed by atoms with E-state index in [1.807, 2.05) is 0 Å². The number of nitrogens with one attached hydrogen (secondary N) is 1. The van der Waals surface area contributed by atoms with Crippen molar-refractivity contribution >= 4 is 33.2 Å². The summed E-state index contributed by atoms with van der Waals surface area (Å²) >= 11 is 0. The van der Waals surface area contributed by atoms with Crippen LogP contribution in [0.3, 0.4) is 0 Å². The first-order chi connectivity index (χ1) is 15.9. The molecule has 0 atom stereocenters. The van der Waals surface area contributed by atoms with Crippen molar-refractivity contribution in [1.82, 2.24) is 4.31 Å². The summed E-state index contributed by atoms with van der Waals surface area (Å²) in [6.45, 7) is 0.930. The molecule has 33 heavy (non-hydrogen) atoms. The molecule has 2 aliphatic rings. The molecule has 8 heteroatoms. The van der Waals surface area contributed by atoms with Crippen molar-refractivity contribution in [2.24, 2.45) is 0 Å². The van der Waals surface area contributed by atoms with Gasteiger partial charge in [-0.3, -0.25) is 14.4 Å². The van der Waals surface area contributed by atoms with Crippen molar-refractivity contribution in [3.8, 4) is 0 Å². The quantitative estimate of drug-likeness (QED) is 0.502. The van der Waals surface area contributed by atoms with Crippen LogP contribution in [-0.2, 0) is 10.0 Å². The number of fused-ring (bicyclic) bond motifs is 2. The Kier molecular flexibility index (Phi) is 5.19. The van der Waals surface area contributed by atoms with E-state index in [2.05, 4.69) is 5.32 Å². The first-order valence-electron chi connectivity index (χ1n) is 10.6. The van der Waals surface area contributed by atoms with Gasteiger partial charge in [0.1, 0.15) is 0 Å². The normalized spacial score (nSPS) is 15.8. The third kappa shape index (κ3) is 3.57. The number of rotatable bonds is 4. The van der Waals surface area contributed by atoms with Crippen LogP contribution < -0.4 is 5.32 Å². The highest BCUT2D eigenvalue weighted by Gasteiger charge is 2.32. The number of anilines is 1. The largest absolute Gasteiger partial charge is 0.321 e. The van der Waals surface area contributed by atoms with E-state index < -0.39 is 15.9 Å². The van der Waals surface area contributed by atoms with Gasteiger partial charge in [-0.2, -0.15) is 4.31 Å². The van der Waals surface area contributed by atoms with Gasteiger partial charge < -0.3 is 5.32 Å². The molecule has 1 N–H and O–H groups in total. The van der Waals surface area contributed by atoms with Crippen LogP contribution in [0.2, 0.25) is 0 Å². The number of amides is 1. The van der Waals surface area contributed by atoms with E-state index in [0.717, 1.165) is 12.8 Å². The monoisotopic (exact) mass is 460 g/mol. The summed E-state index contributed by atoms with van der Waals surface area (Å²) in [6.07, 6.45) is 1.63. The number of carbonyl (C=O) groups excluding carboxylic acids is 3. The summed E-state index contributed by atoms with van der Waals surface area (Å²) in [5.74, 6) is -1.20. The maximum atomic E-state index is 13.1. The van der Waals surface area contributed by atoms with Crippen LogP contribution in [0.4, 0.5) is 5.69 Å². The Bertz CT molecular complexity index is 1420. The summed E-state index contributed by atoms with van der Waals surface area (Å²) in [7, 11) is -3.68. The van der Waals surface area contributed by atoms with Crippen LogP contribution in [0.5, 0.6) is 0 Å². The molecule has 166 valence electrons. The Balaban J connectivity index is 1.48. The van der Waals surface area contributed by atoms with Gasteiger partial charge >= 0.3 is 0 Å². The average Bonchev–Trinajstić information content (AvgIpc) is 3.39. The highest BCUT2D eigenvalue weighted by atomic mass is 32.2. The zero-order chi connectivity index (χ0) is 23.2. The van der Waals surface area contributed by atoms with Crippen LogP contribution in [-0.4, -0.2) is 43.3 Å². The lowest BCUT2D eigenvalue weighted by Gasteiger charge is -2.20. The van der Waals surface area contributed by atoms with E-state index >= 15 is 0 Å². The fourth-order valence-electron chi connectivity index (χ4n) is 4.32. The van der Waals surface area contributed by atoms with E-state index in [1.54, 1.807) is 42.5 Å². The van der Waals surface area contributed by atoms with Crippen LogP contribution >= 0.6 is 0 Å². The van der Waals surface area contributed by atoms with Crippen molar-refractivity contribution in [3.63, 3.8) is 0 Å². The predicted molar refractivity (Wildman–Crippen MR) is 122 cm³/mol. The van der Waals surface area contributed by atoms with Crippen LogP contribution in [0.25, 0.3) is 0 Å². The highest BCUT2D eigenvalue weighted by Crippen LogP contribution is 2.32. The standard InChI is InChI=1S/C25H20N2O5S/c28-23-18-9-1-2-10-19(18)24(29)22-20(23)11-6-12-21(22)26-25(30)16-7-5-8-17(15-16)33(31,32)27-13-3-4-14-27/h1-2,5-12,15H,3-4,13-14H2,(H,26,30). The summed E-state index contributed by atoms with van der Waals surface area (Å²) in [5.41, 5.74) is 1.33. The average molecular weight is 461 g/mol. The summed E-state index contributed by atoms with van der Waals surface area (Å²) in [5, 5.41) is 2.70. The molecule has 0 aromatic heterocycles. The Labute approximate surface area is 191 Å². The third-order valence-electron chi connectivity index (χ3n) is 6.00. The Morgan fingerprint density at radius 2 is 1.42 bits per heavy atom. The first-order valence-corrected chi connectivity index (χ1v) is 12.0. The second kappa shape index (κ2) is 8.06. The van der Waals surface area contributed by atoms with E-state index in [9.17, 15) is 22.8 Å². The number of benzene rings is 3. The van der Waals surface area contributed by atoms with Crippen LogP contribution in [0.1, 0.15) is 55.0 Å². The summed E-state index contributed by atoms with van der Waals surface area (Å²) in [6, 6.07) is 17.1. The van der Waals surface area contributed by atoms with Gasteiger partial charge in [-0.25, -0.2) is 8.42 Å². The van der Waals surface area contributed by atoms with Crippen molar-refractivity contribution in [1.29, 1.82) is 0 Å². The molecule has 0 saturated carbocycles. The molecule has 0 unspecified atom stereocenters. The summed E-state index contributed by atoms with van der Waals surface area (Å²) in [4.78, 5) is 39.1. The zero-order valence-electron chi connectivity index (χ0n) is 17.6. The number of sulfonamides is 1. The lowest BCUT2D eigenvalue weighted by molar-refractivity contribution is 0.0978. The molecule has 0 spiro atoms. The molecule has 1 fully saturated rings. The molecule has 1 amide bonds. The maximum Gasteiger partial charge on any atom is 0.255 e. The fourth-order valence-corrected chi connectivity index (χ4v) is 5.88. The predicted octanol–water partition coefficient (Wildman–Crippen LogP) is 3.50. The van der Waals surface area contributed by atoms with Gasteiger partial charge in [-0.15, -0.1) is 0 Å². The minimum atomic E-state index is -3.68. The van der Waals surface area contributed by atoms with Gasteiger partial charge in [0, 0.05) is 35.3 Å². The minimum absolute atomic E-state index is 0.0484. The molecule has 0 radical (unpaired) electrons. The molecule has 3 aromatic carbocycles. The van der Waals surface area contributed by atoms with Gasteiger partial charge in [0.15, 0.2) is 11.6 Å². The van der Waals surface area contributed by atoms with E-state index in [4.69, 9.17) is 0 Å². The van der Waals surface area contributed by atoms with Gasteiger partial charge in [-0.05, 0) is 37.1 Å². The molecule has 3 aromatic rings. The third-order valence-corrected chi connectivity index (χ3v) is 7.89. The van der Waals surface area contributed by atoms with E-state index in [0.29, 0.717) is 18.7 Å². The number of ketones is 2. The van der Waals surface area contributed by atoms with Gasteiger partial charge in [0.05, 0.1) is 16.1 Å². The lowest BCUT2D eigenvalue weighted by atomic mass is 9.83. The molecular weight excluding hydrogens is 440 g/mol. The Hall–Kier alpha value is -3.62. The Morgan fingerprint density at radius 1 is 0.788 bits per heavy atom. The molecule has 1 aliphatic heterocycles. The van der Waals surface area contributed by atoms with Gasteiger partial charge in [0.2, 0.25) is 10.0 Å². The number of hydrogen-bond donors (Lipinski definition) is 1. The molecule has 0 bridgehead atoms. The number of carbonyl (C=O) groups is 3. The molecule has 1 saturated heterocycles. The van der Waals surface area contributed by atoms with Gasteiger partial charge in [-0.1, -0.05) is 42.5 Å². The van der Waals surface area contributed by atoms with Crippen LogP contribution in [0, 0.1) is 0 Å². The maximum absolute atomic E-state index is 13.1. The van der Waals surface area contributed by atoms with Crippen LogP contribution in [0.15, 0.2) is 71.6 Å². The first kappa shape index (κ1) is 21.2. The lowest BCUT2D eigenvalue weighted by Crippen LogP contribution is -2.28. The number of hydrogen-bond acceptors (Lipinski definition) is 5. The molecule has 7 nitrogen and oxygen atoms in total. The second-order valence-corrected chi connectivity index (χ2v) is 9.96. The topological polar surface area (TPSA) is 101 Å². The second-order valence-electron chi connectivity index (χ2n) is 8.03. The van der Waals surface area contributed by atoms with E-state index in [-0.39, 0.29) is 44.4 Å². The smallest absolute Gasteiger partial charge is 0.255 e. The van der Waals surface area contributed by atoms with E-state index in [1.165, 1.54) is 28.6 Å². The molecular formula is C25H20N2O5S.